The van der Waals surface area contributed by atoms with Gasteiger partial charge in [-0.05, 0) is 61.9 Å². The van der Waals surface area contributed by atoms with E-state index in [0.717, 1.165) is 35.0 Å². The zero-order valence-corrected chi connectivity index (χ0v) is 22.8. The van der Waals surface area contributed by atoms with Crippen molar-refractivity contribution in [3.05, 3.63) is 68.3 Å². The Bertz CT molecular complexity index is 1420. The van der Waals surface area contributed by atoms with E-state index in [2.05, 4.69) is 25.1 Å². The van der Waals surface area contributed by atoms with Crippen LogP contribution in [0.3, 0.4) is 0 Å². The highest BCUT2D eigenvalue weighted by molar-refractivity contribution is 7.18. The first kappa shape index (κ1) is 25.2. The molecule has 8 heteroatoms. The van der Waals surface area contributed by atoms with Gasteiger partial charge in [-0.1, -0.05) is 54.7 Å². The first-order valence-corrected chi connectivity index (χ1v) is 13.8. The molecule has 2 aromatic heterocycles. The number of rotatable bonds is 6. The summed E-state index contributed by atoms with van der Waals surface area (Å²) in [5, 5.41) is 15.7. The summed E-state index contributed by atoms with van der Waals surface area (Å²) in [6, 6.07) is 13.4. The Kier molecular flexibility index (Phi) is 7.37. The molecule has 4 atom stereocenters. The number of fused-ring (bicyclic) bond motifs is 1. The fourth-order valence-electron chi connectivity index (χ4n) is 5.45. The number of nitriles is 1. The minimum atomic E-state index is 0.129. The summed E-state index contributed by atoms with van der Waals surface area (Å²) >= 11 is 14.6. The number of ether oxygens (including phenoxy) is 1. The Hall–Kier alpha value is -2.43. The molecule has 1 aliphatic rings. The second kappa shape index (κ2) is 10.5. The van der Waals surface area contributed by atoms with Crippen LogP contribution in [-0.4, -0.2) is 16.2 Å². The monoisotopic (exact) mass is 539 g/mol. The van der Waals surface area contributed by atoms with Gasteiger partial charge in [0.1, 0.15) is 11.5 Å². The lowest BCUT2D eigenvalue weighted by molar-refractivity contribution is -0.0204. The summed E-state index contributed by atoms with van der Waals surface area (Å²) in [6.45, 7) is 6.83. The van der Waals surface area contributed by atoms with Gasteiger partial charge in [0.25, 0.3) is 0 Å². The second-order valence-electron chi connectivity index (χ2n) is 9.58. The van der Waals surface area contributed by atoms with Crippen LogP contribution in [0.5, 0.6) is 0 Å². The Balaban J connectivity index is 1.34. The summed E-state index contributed by atoms with van der Waals surface area (Å²) in [6.07, 6.45) is 3.11. The van der Waals surface area contributed by atoms with Crippen LogP contribution in [0, 0.1) is 30.1 Å². The van der Waals surface area contributed by atoms with Gasteiger partial charge in [0, 0.05) is 17.0 Å². The van der Waals surface area contributed by atoms with Crippen LogP contribution in [0.15, 0.2) is 40.9 Å². The van der Waals surface area contributed by atoms with E-state index < -0.39 is 0 Å². The van der Waals surface area contributed by atoms with Gasteiger partial charge in [-0.3, -0.25) is 0 Å². The number of thiazole rings is 1. The van der Waals surface area contributed by atoms with Crippen LogP contribution in [0.4, 0.5) is 0 Å². The minimum Gasteiger partial charge on any atom is -0.373 e. The molecule has 4 unspecified atom stereocenters. The van der Waals surface area contributed by atoms with E-state index in [1.807, 2.05) is 31.2 Å². The topological polar surface area (TPSA) is 71.9 Å². The molecule has 0 saturated heterocycles. The van der Waals surface area contributed by atoms with E-state index in [-0.39, 0.29) is 6.10 Å². The van der Waals surface area contributed by atoms with Gasteiger partial charge in [-0.25, -0.2) is 4.98 Å². The fourth-order valence-corrected chi connectivity index (χ4v) is 7.36. The molecule has 186 valence electrons. The third kappa shape index (κ3) is 4.78. The van der Waals surface area contributed by atoms with Crippen molar-refractivity contribution in [2.24, 2.45) is 11.8 Å². The van der Waals surface area contributed by atoms with Crippen LogP contribution >= 0.6 is 34.5 Å². The number of hydrogen-bond donors (Lipinski definition) is 0. The van der Waals surface area contributed by atoms with Crippen molar-refractivity contribution < 1.29 is 9.26 Å². The molecule has 1 aliphatic carbocycles. The molecule has 2 heterocycles. The number of nitrogens with zero attached hydrogens (tertiary/aromatic N) is 3. The molecule has 0 aliphatic heterocycles. The van der Waals surface area contributed by atoms with Crippen molar-refractivity contribution in [3.63, 3.8) is 0 Å². The van der Waals surface area contributed by atoms with Gasteiger partial charge >= 0.3 is 0 Å². The third-order valence-corrected chi connectivity index (χ3v) is 9.06. The molecule has 5 rings (SSSR count). The zero-order valence-electron chi connectivity index (χ0n) is 20.4. The van der Waals surface area contributed by atoms with Crippen molar-refractivity contribution in [2.75, 3.05) is 0 Å². The summed E-state index contributed by atoms with van der Waals surface area (Å²) in [7, 11) is 0. The van der Waals surface area contributed by atoms with Crippen molar-refractivity contribution >= 4 is 44.8 Å². The van der Waals surface area contributed by atoms with E-state index in [0.29, 0.717) is 57.0 Å². The van der Waals surface area contributed by atoms with Gasteiger partial charge in [0.2, 0.25) is 0 Å². The molecule has 0 radical (unpaired) electrons. The third-order valence-electron chi connectivity index (χ3n) is 7.31. The molecule has 0 amide bonds. The molecule has 1 fully saturated rings. The van der Waals surface area contributed by atoms with Crippen molar-refractivity contribution in [3.8, 4) is 17.3 Å². The van der Waals surface area contributed by atoms with Crippen molar-refractivity contribution in [1.82, 2.24) is 10.1 Å². The predicted molar refractivity (Wildman–Crippen MR) is 145 cm³/mol. The standard InChI is InChI=1S/C28H27Cl2N3O2S/c1-4-18-12-19(10-15(2)25(18)28-32-23-9-8-17(13-31)11-24(23)36-28)34-14-20-16(3)35-33-27(20)26-21(29)6-5-7-22(26)30/h5-9,11,15,18-19,25H,4,10,12,14H2,1-3H3. The molecule has 0 spiro atoms. The van der Waals surface area contributed by atoms with E-state index in [1.165, 1.54) is 5.01 Å². The number of aryl methyl sites for hydroxylation is 1. The Morgan fingerprint density at radius 2 is 1.97 bits per heavy atom. The fraction of sp³-hybridized carbons (Fsp3) is 0.393. The number of hydrogen-bond acceptors (Lipinski definition) is 6. The molecule has 36 heavy (non-hydrogen) atoms. The molecule has 4 aromatic rings. The quantitative estimate of drug-likeness (QED) is 0.245. The highest BCUT2D eigenvalue weighted by Crippen LogP contribution is 2.47. The van der Waals surface area contributed by atoms with Crippen molar-refractivity contribution in [1.29, 1.82) is 5.26 Å². The lowest BCUT2D eigenvalue weighted by atomic mass is 9.71. The average molecular weight is 541 g/mol. The van der Waals surface area contributed by atoms with Crippen LogP contribution in [-0.2, 0) is 11.3 Å². The first-order chi connectivity index (χ1) is 17.4. The lowest BCUT2D eigenvalue weighted by Crippen LogP contribution is -2.33. The first-order valence-electron chi connectivity index (χ1n) is 12.2. The maximum absolute atomic E-state index is 9.25. The number of benzene rings is 2. The lowest BCUT2D eigenvalue weighted by Gasteiger charge is -2.39. The number of halogens is 2. The maximum atomic E-state index is 9.25. The van der Waals surface area contributed by atoms with E-state index in [1.54, 1.807) is 23.5 Å². The van der Waals surface area contributed by atoms with Gasteiger partial charge in [0.15, 0.2) is 0 Å². The molecule has 0 N–H and O–H groups in total. The smallest absolute Gasteiger partial charge is 0.139 e. The SMILES string of the molecule is CCC1CC(OCc2c(-c3c(Cl)cccc3Cl)noc2C)CC(C)C1c1nc2ccc(C#N)cc2s1. The summed E-state index contributed by atoms with van der Waals surface area (Å²) < 4.78 is 13.1. The minimum absolute atomic E-state index is 0.129. The van der Waals surface area contributed by atoms with Crippen LogP contribution < -0.4 is 0 Å². The van der Waals surface area contributed by atoms with Crippen molar-refractivity contribution in [2.45, 2.75) is 58.7 Å². The summed E-state index contributed by atoms with van der Waals surface area (Å²) in [4.78, 5) is 4.97. The zero-order chi connectivity index (χ0) is 25.4. The van der Waals surface area contributed by atoms with E-state index >= 15 is 0 Å². The Labute approximate surface area is 225 Å². The highest BCUT2D eigenvalue weighted by Gasteiger charge is 2.38. The summed E-state index contributed by atoms with van der Waals surface area (Å²) in [5.74, 6) is 1.98. The van der Waals surface area contributed by atoms with Gasteiger partial charge in [0.05, 0.1) is 49.6 Å². The second-order valence-corrected chi connectivity index (χ2v) is 11.5. The van der Waals surface area contributed by atoms with Crippen LogP contribution in [0.2, 0.25) is 10.0 Å². The Morgan fingerprint density at radius 1 is 1.19 bits per heavy atom. The molecular formula is C28H27Cl2N3O2S. The molecule has 1 saturated carbocycles. The van der Waals surface area contributed by atoms with Gasteiger partial charge in [-0.15, -0.1) is 11.3 Å². The number of aromatic nitrogens is 2. The van der Waals surface area contributed by atoms with Crippen LogP contribution in [0.1, 0.15) is 60.9 Å². The largest absolute Gasteiger partial charge is 0.373 e. The molecule has 2 aromatic carbocycles. The normalized spacial score (nSPS) is 22.1. The molecule has 0 bridgehead atoms. The highest BCUT2D eigenvalue weighted by atomic mass is 35.5. The van der Waals surface area contributed by atoms with Gasteiger partial charge in [-0.2, -0.15) is 5.26 Å². The average Bonchev–Trinajstić information content (AvgIpc) is 3.44. The molecular weight excluding hydrogens is 513 g/mol. The summed E-state index contributed by atoms with van der Waals surface area (Å²) in [5.41, 5.74) is 3.85. The Morgan fingerprint density at radius 3 is 2.69 bits per heavy atom. The van der Waals surface area contributed by atoms with E-state index in [4.69, 9.17) is 37.4 Å². The van der Waals surface area contributed by atoms with Gasteiger partial charge < -0.3 is 9.26 Å². The predicted octanol–water partition coefficient (Wildman–Crippen LogP) is 8.56. The molecule has 5 nitrogen and oxygen atoms in total. The maximum Gasteiger partial charge on any atom is 0.139 e. The van der Waals surface area contributed by atoms with E-state index in [9.17, 15) is 5.26 Å². The van der Waals surface area contributed by atoms with Crippen LogP contribution in [0.25, 0.3) is 21.5 Å².